The summed E-state index contributed by atoms with van der Waals surface area (Å²) in [4.78, 5) is 24.3. The highest BCUT2D eigenvalue weighted by Crippen LogP contribution is 2.39. The molecule has 2 unspecified atom stereocenters. The molecule has 2 aromatic carbocycles. The molecular formula is C22H22N4O. The maximum atomic E-state index is 12.3. The number of amidine groups is 1. The molecule has 0 aliphatic carbocycles. The standard InChI is InChI=1S/C22H22N4O/c27-15-17-20(16-9-3-1-4-10-16)26-19-12-6-5-11-18(19)23-22(26)24-21(17)25-13-7-2-8-14-25/h1,3-6,9-12,15,17,20H,2,7-8,13-14H2. The van der Waals surface area contributed by atoms with E-state index in [0.29, 0.717) is 5.95 Å². The Labute approximate surface area is 158 Å². The van der Waals surface area contributed by atoms with Crippen LogP contribution in [-0.2, 0) is 4.79 Å². The highest BCUT2D eigenvalue weighted by molar-refractivity contribution is 6.00. The monoisotopic (exact) mass is 358 g/mol. The van der Waals surface area contributed by atoms with Crippen molar-refractivity contribution < 1.29 is 4.79 Å². The highest BCUT2D eigenvalue weighted by Gasteiger charge is 2.38. The van der Waals surface area contributed by atoms with Gasteiger partial charge in [-0.15, -0.1) is 0 Å². The van der Waals surface area contributed by atoms with Gasteiger partial charge in [-0.25, -0.2) is 4.98 Å². The van der Waals surface area contributed by atoms with Crippen molar-refractivity contribution in [1.82, 2.24) is 14.5 Å². The Morgan fingerprint density at radius 1 is 0.926 bits per heavy atom. The lowest BCUT2D eigenvalue weighted by Gasteiger charge is -2.38. The van der Waals surface area contributed by atoms with Crippen molar-refractivity contribution in [3.05, 3.63) is 60.2 Å². The molecule has 0 amide bonds. The number of hydrogen-bond acceptors (Lipinski definition) is 4. The lowest BCUT2D eigenvalue weighted by molar-refractivity contribution is -0.110. The molecule has 1 aromatic heterocycles. The first-order valence-electron chi connectivity index (χ1n) is 9.67. The van der Waals surface area contributed by atoms with Gasteiger partial charge in [0.05, 0.1) is 23.0 Å². The third-order valence-corrected chi connectivity index (χ3v) is 5.68. The summed E-state index contributed by atoms with van der Waals surface area (Å²) in [5.74, 6) is 1.26. The zero-order chi connectivity index (χ0) is 18.2. The van der Waals surface area contributed by atoms with E-state index in [9.17, 15) is 4.79 Å². The number of piperidine rings is 1. The number of para-hydroxylation sites is 2. The minimum absolute atomic E-state index is 0.125. The second kappa shape index (κ2) is 6.65. The summed E-state index contributed by atoms with van der Waals surface area (Å²) < 4.78 is 2.14. The van der Waals surface area contributed by atoms with Crippen LogP contribution < -0.4 is 0 Å². The van der Waals surface area contributed by atoms with Crippen LogP contribution in [0.5, 0.6) is 0 Å². The minimum Gasteiger partial charge on any atom is -0.359 e. The molecule has 0 saturated carbocycles. The van der Waals surface area contributed by atoms with Crippen LogP contribution in [0.15, 0.2) is 59.6 Å². The molecule has 2 aliphatic rings. The molecule has 0 radical (unpaired) electrons. The Balaban J connectivity index is 1.74. The maximum absolute atomic E-state index is 12.3. The summed E-state index contributed by atoms with van der Waals surface area (Å²) in [6.07, 6.45) is 4.62. The van der Waals surface area contributed by atoms with Crippen molar-refractivity contribution in [2.45, 2.75) is 25.3 Å². The summed E-state index contributed by atoms with van der Waals surface area (Å²) in [6.45, 7) is 1.93. The highest BCUT2D eigenvalue weighted by atomic mass is 16.1. The molecule has 5 rings (SSSR count). The molecule has 27 heavy (non-hydrogen) atoms. The number of aliphatic imine (C=N–C) groups is 1. The molecule has 1 saturated heterocycles. The van der Waals surface area contributed by atoms with E-state index >= 15 is 0 Å². The fourth-order valence-corrected chi connectivity index (χ4v) is 4.41. The summed E-state index contributed by atoms with van der Waals surface area (Å²) in [5, 5.41) is 0. The van der Waals surface area contributed by atoms with E-state index in [4.69, 9.17) is 9.98 Å². The molecule has 0 bridgehead atoms. The van der Waals surface area contributed by atoms with Gasteiger partial charge in [0, 0.05) is 13.1 Å². The zero-order valence-electron chi connectivity index (χ0n) is 15.2. The van der Waals surface area contributed by atoms with Crippen LogP contribution in [0, 0.1) is 5.92 Å². The van der Waals surface area contributed by atoms with Crippen LogP contribution in [0.3, 0.4) is 0 Å². The average Bonchev–Trinajstić information content (AvgIpc) is 3.12. The second-order valence-corrected chi connectivity index (χ2v) is 7.31. The van der Waals surface area contributed by atoms with E-state index in [1.807, 2.05) is 36.4 Å². The number of nitrogens with zero attached hydrogens (tertiary/aromatic N) is 4. The first kappa shape index (κ1) is 16.2. The number of imidazole rings is 1. The van der Waals surface area contributed by atoms with Crippen molar-refractivity contribution in [2.75, 3.05) is 13.1 Å². The van der Waals surface area contributed by atoms with Crippen LogP contribution in [0.2, 0.25) is 0 Å². The number of carbonyl (C=O) groups excluding carboxylic acids is 1. The van der Waals surface area contributed by atoms with Crippen LogP contribution in [0.1, 0.15) is 30.9 Å². The third kappa shape index (κ3) is 2.65. The SMILES string of the molecule is O=CC1C(N2CCCCC2)=Nc2nc3ccccc3n2C1c1ccccc1. The lowest BCUT2D eigenvalue weighted by atomic mass is 9.90. The van der Waals surface area contributed by atoms with Gasteiger partial charge in [0.1, 0.15) is 12.1 Å². The van der Waals surface area contributed by atoms with Crippen LogP contribution in [0.4, 0.5) is 5.95 Å². The van der Waals surface area contributed by atoms with Crippen LogP contribution in [-0.4, -0.2) is 39.7 Å². The zero-order valence-corrected chi connectivity index (χ0v) is 15.2. The molecule has 5 nitrogen and oxygen atoms in total. The molecule has 0 N–H and O–H groups in total. The van der Waals surface area contributed by atoms with E-state index in [1.165, 1.54) is 6.42 Å². The predicted octanol–water partition coefficient (Wildman–Crippen LogP) is 3.97. The van der Waals surface area contributed by atoms with Gasteiger partial charge >= 0.3 is 0 Å². The third-order valence-electron chi connectivity index (χ3n) is 5.68. The summed E-state index contributed by atoms with van der Waals surface area (Å²) in [6, 6.07) is 18.2. The molecular weight excluding hydrogens is 336 g/mol. The van der Waals surface area contributed by atoms with Crippen molar-refractivity contribution in [1.29, 1.82) is 0 Å². The number of aldehydes is 1. The average molecular weight is 358 g/mol. The van der Waals surface area contributed by atoms with E-state index in [-0.39, 0.29) is 12.0 Å². The van der Waals surface area contributed by atoms with Crippen molar-refractivity contribution >= 4 is 29.1 Å². The van der Waals surface area contributed by atoms with E-state index in [1.54, 1.807) is 0 Å². The number of fused-ring (bicyclic) bond motifs is 3. The van der Waals surface area contributed by atoms with Crippen LogP contribution in [0.25, 0.3) is 11.0 Å². The molecule has 5 heteroatoms. The number of carbonyl (C=O) groups is 1. The Morgan fingerprint density at radius 2 is 1.67 bits per heavy atom. The number of rotatable bonds is 2. The summed E-state index contributed by atoms with van der Waals surface area (Å²) >= 11 is 0. The molecule has 2 aliphatic heterocycles. The fraction of sp³-hybridized carbons (Fsp3) is 0.318. The second-order valence-electron chi connectivity index (χ2n) is 7.31. The van der Waals surface area contributed by atoms with Gasteiger partial charge < -0.3 is 9.69 Å². The van der Waals surface area contributed by atoms with Gasteiger partial charge in [-0.05, 0) is 37.0 Å². The molecule has 0 spiro atoms. The smallest absolute Gasteiger partial charge is 0.232 e. The Bertz CT molecular complexity index is 1000. The molecule has 136 valence electrons. The number of likely N-dealkylation sites (tertiary alicyclic amines) is 1. The molecule has 1 fully saturated rings. The van der Waals surface area contributed by atoms with Crippen molar-refractivity contribution in [2.24, 2.45) is 10.9 Å². The van der Waals surface area contributed by atoms with E-state index in [2.05, 4.69) is 27.7 Å². The molecule has 3 aromatic rings. The van der Waals surface area contributed by atoms with E-state index in [0.717, 1.165) is 54.6 Å². The maximum Gasteiger partial charge on any atom is 0.232 e. The largest absolute Gasteiger partial charge is 0.359 e. The number of benzene rings is 2. The van der Waals surface area contributed by atoms with Gasteiger partial charge in [-0.2, -0.15) is 4.99 Å². The minimum atomic E-state index is -0.310. The van der Waals surface area contributed by atoms with Gasteiger partial charge in [0.25, 0.3) is 0 Å². The van der Waals surface area contributed by atoms with Gasteiger partial charge in [-0.1, -0.05) is 42.5 Å². The van der Waals surface area contributed by atoms with Gasteiger partial charge in [-0.3, -0.25) is 4.57 Å². The lowest BCUT2D eigenvalue weighted by Crippen LogP contribution is -2.45. The quantitative estimate of drug-likeness (QED) is 0.651. The van der Waals surface area contributed by atoms with Crippen molar-refractivity contribution in [3.63, 3.8) is 0 Å². The Morgan fingerprint density at radius 3 is 2.44 bits per heavy atom. The molecule has 2 atom stereocenters. The van der Waals surface area contributed by atoms with Gasteiger partial charge in [0.2, 0.25) is 5.95 Å². The first-order valence-corrected chi connectivity index (χ1v) is 9.67. The van der Waals surface area contributed by atoms with Crippen molar-refractivity contribution in [3.8, 4) is 0 Å². The summed E-state index contributed by atoms with van der Waals surface area (Å²) in [7, 11) is 0. The van der Waals surface area contributed by atoms with E-state index < -0.39 is 0 Å². The Kier molecular flexibility index (Phi) is 4.00. The number of aromatic nitrogens is 2. The predicted molar refractivity (Wildman–Crippen MR) is 106 cm³/mol. The van der Waals surface area contributed by atoms with Crippen LogP contribution >= 0.6 is 0 Å². The normalized spacial score (nSPS) is 22.4. The molecule has 3 heterocycles. The number of hydrogen-bond donors (Lipinski definition) is 0. The fourth-order valence-electron chi connectivity index (χ4n) is 4.41. The first-order chi connectivity index (χ1) is 13.4. The van der Waals surface area contributed by atoms with Gasteiger partial charge in [0.15, 0.2) is 0 Å². The Hall–Kier alpha value is -2.95. The summed E-state index contributed by atoms with van der Waals surface area (Å²) in [5.41, 5.74) is 3.06. The topological polar surface area (TPSA) is 50.5 Å².